The summed E-state index contributed by atoms with van der Waals surface area (Å²) < 4.78 is 0. The fraction of sp³-hybridized carbons (Fsp3) is 0.385. The largest absolute Gasteiger partial charge is 0.115 e. The summed E-state index contributed by atoms with van der Waals surface area (Å²) in [6, 6.07) is 0. The van der Waals surface area contributed by atoms with E-state index in [2.05, 4.69) is 33.3 Å². The van der Waals surface area contributed by atoms with Crippen molar-refractivity contribution in [3.8, 4) is 12.3 Å². The molecule has 0 unspecified atom stereocenters. The first-order chi connectivity index (χ1) is 6.00. The van der Waals surface area contributed by atoms with E-state index in [1.54, 1.807) is 6.08 Å². The lowest BCUT2D eigenvalue weighted by Crippen LogP contribution is -2.09. The molecule has 0 bridgehead atoms. The van der Waals surface area contributed by atoms with E-state index in [0.717, 1.165) is 6.42 Å². The van der Waals surface area contributed by atoms with Gasteiger partial charge in [-0.1, -0.05) is 43.6 Å². The molecule has 13 heavy (non-hydrogen) atoms. The standard InChI is InChI=1S/C13H16/c1-6-7-8-12-9-10(2)13(4,5)11(12)3/h1,7-8H,2,9H2,3-5H3/b8-7-. The summed E-state index contributed by atoms with van der Waals surface area (Å²) in [5.41, 5.74) is 4.15. The summed E-state index contributed by atoms with van der Waals surface area (Å²) >= 11 is 0. The Morgan fingerprint density at radius 1 is 1.54 bits per heavy atom. The molecule has 0 heteroatoms. The van der Waals surface area contributed by atoms with Gasteiger partial charge in [0, 0.05) is 5.41 Å². The number of terminal acetylenes is 1. The predicted octanol–water partition coefficient (Wildman–Crippen LogP) is 3.48. The van der Waals surface area contributed by atoms with Crippen LogP contribution in [-0.2, 0) is 0 Å². The van der Waals surface area contributed by atoms with Crippen molar-refractivity contribution < 1.29 is 0 Å². The van der Waals surface area contributed by atoms with Crippen molar-refractivity contribution in [1.29, 1.82) is 0 Å². The molecule has 0 aromatic heterocycles. The van der Waals surface area contributed by atoms with Gasteiger partial charge >= 0.3 is 0 Å². The van der Waals surface area contributed by atoms with Crippen LogP contribution in [0, 0.1) is 17.8 Å². The Hall–Kier alpha value is -1.22. The predicted molar refractivity (Wildman–Crippen MR) is 58.2 cm³/mol. The topological polar surface area (TPSA) is 0 Å². The van der Waals surface area contributed by atoms with E-state index < -0.39 is 0 Å². The van der Waals surface area contributed by atoms with E-state index in [4.69, 9.17) is 6.42 Å². The summed E-state index contributed by atoms with van der Waals surface area (Å²) in [6.07, 6.45) is 9.92. The third-order valence-corrected chi connectivity index (χ3v) is 3.09. The number of hydrogen-bond donors (Lipinski definition) is 0. The van der Waals surface area contributed by atoms with E-state index >= 15 is 0 Å². The molecule has 0 aromatic rings. The van der Waals surface area contributed by atoms with Crippen molar-refractivity contribution in [2.75, 3.05) is 0 Å². The van der Waals surface area contributed by atoms with Crippen molar-refractivity contribution in [2.45, 2.75) is 27.2 Å². The van der Waals surface area contributed by atoms with E-state index in [9.17, 15) is 0 Å². The minimum atomic E-state index is 0.147. The van der Waals surface area contributed by atoms with Crippen molar-refractivity contribution in [1.82, 2.24) is 0 Å². The van der Waals surface area contributed by atoms with Gasteiger partial charge in [-0.25, -0.2) is 0 Å². The molecule has 0 aliphatic heterocycles. The quantitative estimate of drug-likeness (QED) is 0.419. The smallest absolute Gasteiger partial charge is 0.00678 e. The van der Waals surface area contributed by atoms with E-state index in [-0.39, 0.29) is 5.41 Å². The molecule has 0 heterocycles. The Bertz CT molecular complexity index is 330. The molecular weight excluding hydrogens is 156 g/mol. The average Bonchev–Trinajstić information content (AvgIpc) is 2.26. The maximum Gasteiger partial charge on any atom is 0.00678 e. The summed E-state index contributed by atoms with van der Waals surface area (Å²) in [4.78, 5) is 0. The van der Waals surface area contributed by atoms with Crippen molar-refractivity contribution in [2.24, 2.45) is 5.41 Å². The van der Waals surface area contributed by atoms with Gasteiger partial charge in [-0.3, -0.25) is 0 Å². The van der Waals surface area contributed by atoms with E-state index in [1.807, 2.05) is 6.08 Å². The lowest BCUT2D eigenvalue weighted by Gasteiger charge is -2.21. The van der Waals surface area contributed by atoms with Crippen LogP contribution in [0.5, 0.6) is 0 Å². The van der Waals surface area contributed by atoms with Gasteiger partial charge < -0.3 is 0 Å². The molecule has 1 aliphatic rings. The van der Waals surface area contributed by atoms with Gasteiger partial charge in [0.15, 0.2) is 0 Å². The van der Waals surface area contributed by atoms with Crippen LogP contribution in [-0.4, -0.2) is 0 Å². The SMILES string of the molecule is C#C/C=C\C1=C(C)C(C)(C)C(=C)C1. The molecule has 0 radical (unpaired) electrons. The van der Waals surface area contributed by atoms with Gasteiger partial charge in [0.2, 0.25) is 0 Å². The molecule has 68 valence electrons. The third-order valence-electron chi connectivity index (χ3n) is 3.09. The molecule has 0 aromatic carbocycles. The van der Waals surface area contributed by atoms with Gasteiger partial charge in [0.25, 0.3) is 0 Å². The highest BCUT2D eigenvalue weighted by atomic mass is 14.4. The van der Waals surface area contributed by atoms with Crippen LogP contribution in [0.15, 0.2) is 35.5 Å². The van der Waals surface area contributed by atoms with Crippen LogP contribution in [0.4, 0.5) is 0 Å². The van der Waals surface area contributed by atoms with Crippen LogP contribution in [0.3, 0.4) is 0 Å². The average molecular weight is 172 g/mol. The molecule has 0 amide bonds. The van der Waals surface area contributed by atoms with Crippen LogP contribution < -0.4 is 0 Å². The maximum atomic E-state index is 5.17. The molecule has 0 N–H and O–H groups in total. The molecule has 0 saturated carbocycles. The molecule has 0 fully saturated rings. The minimum absolute atomic E-state index is 0.147. The second-order valence-electron chi connectivity index (χ2n) is 4.06. The molecule has 0 nitrogen and oxygen atoms in total. The van der Waals surface area contributed by atoms with Gasteiger partial charge in [-0.05, 0) is 25.0 Å². The van der Waals surface area contributed by atoms with Crippen molar-refractivity contribution in [3.05, 3.63) is 35.5 Å². The molecular formula is C13H16. The van der Waals surface area contributed by atoms with Crippen LogP contribution in [0.25, 0.3) is 0 Å². The lowest BCUT2D eigenvalue weighted by atomic mass is 9.83. The summed E-state index contributed by atoms with van der Waals surface area (Å²) in [6.45, 7) is 10.7. The Balaban J connectivity index is 3.03. The second-order valence-corrected chi connectivity index (χ2v) is 4.06. The Labute approximate surface area is 81.0 Å². The first-order valence-corrected chi connectivity index (χ1v) is 4.51. The lowest BCUT2D eigenvalue weighted by molar-refractivity contribution is 0.556. The normalized spacial score (nSPS) is 21.2. The van der Waals surface area contributed by atoms with E-state index in [0.29, 0.717) is 0 Å². The van der Waals surface area contributed by atoms with Crippen molar-refractivity contribution in [3.63, 3.8) is 0 Å². The zero-order chi connectivity index (χ0) is 10.1. The van der Waals surface area contributed by atoms with Crippen molar-refractivity contribution >= 4 is 0 Å². The fourth-order valence-electron chi connectivity index (χ4n) is 1.58. The number of hydrogen-bond acceptors (Lipinski definition) is 0. The van der Waals surface area contributed by atoms with Gasteiger partial charge in [0.1, 0.15) is 0 Å². The Kier molecular flexibility index (Phi) is 2.48. The minimum Gasteiger partial charge on any atom is -0.115 e. The zero-order valence-electron chi connectivity index (χ0n) is 8.65. The van der Waals surface area contributed by atoms with Gasteiger partial charge in [0.05, 0.1) is 0 Å². The number of allylic oxidation sites excluding steroid dienone is 5. The molecule has 0 spiro atoms. The third kappa shape index (κ3) is 1.60. The summed E-state index contributed by atoms with van der Waals surface area (Å²) in [5, 5.41) is 0. The monoisotopic (exact) mass is 172 g/mol. The maximum absolute atomic E-state index is 5.17. The zero-order valence-corrected chi connectivity index (χ0v) is 8.65. The highest BCUT2D eigenvalue weighted by molar-refractivity contribution is 5.45. The first-order valence-electron chi connectivity index (χ1n) is 4.51. The van der Waals surface area contributed by atoms with E-state index in [1.165, 1.54) is 16.7 Å². The Morgan fingerprint density at radius 2 is 2.15 bits per heavy atom. The van der Waals surface area contributed by atoms with Crippen LogP contribution in [0.1, 0.15) is 27.2 Å². The molecule has 1 aliphatic carbocycles. The molecule has 0 saturated heterocycles. The second kappa shape index (κ2) is 3.26. The molecule has 1 rings (SSSR count). The van der Waals surface area contributed by atoms with Crippen LogP contribution in [0.2, 0.25) is 0 Å². The number of rotatable bonds is 1. The summed E-state index contributed by atoms with van der Waals surface area (Å²) in [5.74, 6) is 2.51. The van der Waals surface area contributed by atoms with Gasteiger partial charge in [-0.2, -0.15) is 0 Å². The molecule has 0 atom stereocenters. The summed E-state index contributed by atoms with van der Waals surface area (Å²) in [7, 11) is 0. The highest BCUT2D eigenvalue weighted by Gasteiger charge is 2.31. The first kappa shape index (κ1) is 9.86. The highest BCUT2D eigenvalue weighted by Crippen LogP contribution is 2.45. The Morgan fingerprint density at radius 3 is 2.54 bits per heavy atom. The van der Waals surface area contributed by atoms with Crippen LogP contribution >= 0.6 is 0 Å². The van der Waals surface area contributed by atoms with Gasteiger partial charge in [-0.15, -0.1) is 6.42 Å². The fourth-order valence-corrected chi connectivity index (χ4v) is 1.58.